The van der Waals surface area contributed by atoms with Crippen molar-refractivity contribution in [3.8, 4) is 0 Å². The second-order valence-electron chi connectivity index (χ2n) is 5.50. The highest BCUT2D eigenvalue weighted by atomic mass is 15.2. The van der Waals surface area contributed by atoms with Gasteiger partial charge in [-0.3, -0.25) is 4.90 Å². The molecule has 0 aliphatic heterocycles. The number of likely N-dealkylation sites (N-methyl/N-ethyl adjacent to an activating group) is 1. The van der Waals surface area contributed by atoms with Gasteiger partial charge in [-0.25, -0.2) is 0 Å². The number of hydrogen-bond donors (Lipinski definition) is 1. The normalized spacial score (nSPS) is 14.9. The second-order valence-corrected chi connectivity index (χ2v) is 5.50. The highest BCUT2D eigenvalue weighted by Gasteiger charge is 2.22. The highest BCUT2D eigenvalue weighted by molar-refractivity contribution is 5.20. The molecular formula is C16H29N3. The second kappa shape index (κ2) is 8.31. The van der Waals surface area contributed by atoms with Crippen LogP contribution >= 0.6 is 0 Å². The van der Waals surface area contributed by atoms with E-state index < -0.39 is 0 Å². The largest absolute Gasteiger partial charge is 0.326 e. The molecule has 0 spiro atoms. The minimum absolute atomic E-state index is 0.140. The smallest absolute Gasteiger partial charge is 0.0496 e. The van der Waals surface area contributed by atoms with Gasteiger partial charge in [0, 0.05) is 18.6 Å². The molecule has 0 radical (unpaired) electrons. The Morgan fingerprint density at radius 3 is 2.21 bits per heavy atom. The third kappa shape index (κ3) is 5.31. The predicted octanol–water partition coefficient (Wildman–Crippen LogP) is 2.35. The number of rotatable bonds is 8. The molecule has 19 heavy (non-hydrogen) atoms. The summed E-state index contributed by atoms with van der Waals surface area (Å²) in [4.78, 5) is 4.72. The van der Waals surface area contributed by atoms with Gasteiger partial charge in [0.15, 0.2) is 0 Å². The van der Waals surface area contributed by atoms with Crippen molar-refractivity contribution in [2.45, 2.75) is 32.4 Å². The standard InChI is InChI=1S/C16H29N3/c1-5-19(13-9-12-18(3)4)16(14(2)17)15-10-7-6-8-11-15/h6-8,10-11,14,16H,5,9,12-13,17H2,1-4H3. The Hall–Kier alpha value is -0.900. The zero-order valence-electron chi connectivity index (χ0n) is 12.8. The lowest BCUT2D eigenvalue weighted by Gasteiger charge is -2.34. The summed E-state index contributed by atoms with van der Waals surface area (Å²) in [7, 11) is 4.24. The van der Waals surface area contributed by atoms with Crippen molar-refractivity contribution in [2.75, 3.05) is 33.7 Å². The fourth-order valence-corrected chi connectivity index (χ4v) is 2.58. The zero-order chi connectivity index (χ0) is 14.3. The monoisotopic (exact) mass is 263 g/mol. The van der Waals surface area contributed by atoms with Gasteiger partial charge in [0.1, 0.15) is 0 Å². The van der Waals surface area contributed by atoms with Crippen LogP contribution in [-0.4, -0.2) is 49.6 Å². The average molecular weight is 263 g/mol. The van der Waals surface area contributed by atoms with Gasteiger partial charge < -0.3 is 10.6 Å². The Morgan fingerprint density at radius 2 is 1.74 bits per heavy atom. The topological polar surface area (TPSA) is 32.5 Å². The minimum Gasteiger partial charge on any atom is -0.326 e. The summed E-state index contributed by atoms with van der Waals surface area (Å²) in [5.74, 6) is 0. The fourth-order valence-electron chi connectivity index (χ4n) is 2.58. The Labute approximate surface area is 118 Å². The van der Waals surface area contributed by atoms with Crippen LogP contribution in [0.15, 0.2) is 30.3 Å². The molecule has 0 bridgehead atoms. The molecule has 2 unspecified atom stereocenters. The van der Waals surface area contributed by atoms with Gasteiger partial charge in [-0.05, 0) is 46.1 Å². The first-order chi connectivity index (χ1) is 9.06. The molecule has 0 aromatic heterocycles. The highest BCUT2D eigenvalue weighted by Crippen LogP contribution is 2.23. The summed E-state index contributed by atoms with van der Waals surface area (Å²) in [6, 6.07) is 11.1. The summed E-state index contributed by atoms with van der Waals surface area (Å²) < 4.78 is 0. The number of nitrogens with two attached hydrogens (primary N) is 1. The summed E-state index contributed by atoms with van der Waals surface area (Å²) in [5, 5.41) is 0. The van der Waals surface area contributed by atoms with Crippen LogP contribution in [0.5, 0.6) is 0 Å². The van der Waals surface area contributed by atoms with E-state index in [0.717, 1.165) is 19.6 Å². The molecule has 1 aromatic rings. The Balaban J connectivity index is 2.72. The van der Waals surface area contributed by atoms with E-state index in [2.05, 4.69) is 68.1 Å². The van der Waals surface area contributed by atoms with E-state index in [1.54, 1.807) is 0 Å². The molecule has 0 fully saturated rings. The van der Waals surface area contributed by atoms with Gasteiger partial charge >= 0.3 is 0 Å². The van der Waals surface area contributed by atoms with Crippen LogP contribution < -0.4 is 5.73 Å². The Kier molecular flexibility index (Phi) is 7.06. The van der Waals surface area contributed by atoms with Crippen molar-refractivity contribution >= 4 is 0 Å². The quantitative estimate of drug-likeness (QED) is 0.781. The van der Waals surface area contributed by atoms with Crippen molar-refractivity contribution < 1.29 is 0 Å². The van der Waals surface area contributed by atoms with Crippen molar-refractivity contribution in [3.63, 3.8) is 0 Å². The first-order valence-electron chi connectivity index (χ1n) is 7.25. The van der Waals surface area contributed by atoms with Crippen LogP contribution in [0.1, 0.15) is 31.9 Å². The van der Waals surface area contributed by atoms with E-state index in [4.69, 9.17) is 5.73 Å². The summed E-state index contributed by atoms with van der Waals surface area (Å²) >= 11 is 0. The molecule has 0 heterocycles. The zero-order valence-corrected chi connectivity index (χ0v) is 12.8. The molecule has 0 saturated heterocycles. The van der Waals surface area contributed by atoms with Crippen LogP contribution in [0.4, 0.5) is 0 Å². The molecule has 2 atom stereocenters. The van der Waals surface area contributed by atoms with Gasteiger partial charge in [0.2, 0.25) is 0 Å². The maximum Gasteiger partial charge on any atom is 0.0496 e. The molecular weight excluding hydrogens is 234 g/mol. The van der Waals surface area contributed by atoms with E-state index in [1.165, 1.54) is 12.0 Å². The van der Waals surface area contributed by atoms with E-state index in [-0.39, 0.29) is 6.04 Å². The molecule has 2 N–H and O–H groups in total. The molecule has 108 valence electrons. The van der Waals surface area contributed by atoms with Crippen molar-refractivity contribution in [3.05, 3.63) is 35.9 Å². The summed E-state index contributed by atoms with van der Waals surface area (Å²) in [6.45, 7) is 7.57. The van der Waals surface area contributed by atoms with Crippen LogP contribution in [-0.2, 0) is 0 Å². The van der Waals surface area contributed by atoms with Crippen LogP contribution in [0.2, 0.25) is 0 Å². The summed E-state index contributed by atoms with van der Waals surface area (Å²) in [5.41, 5.74) is 7.55. The first kappa shape index (κ1) is 16.2. The molecule has 3 heteroatoms. The number of benzene rings is 1. The maximum atomic E-state index is 6.22. The third-order valence-corrected chi connectivity index (χ3v) is 3.49. The average Bonchev–Trinajstić information content (AvgIpc) is 2.37. The third-order valence-electron chi connectivity index (χ3n) is 3.49. The Morgan fingerprint density at radius 1 is 1.11 bits per heavy atom. The fraction of sp³-hybridized carbons (Fsp3) is 0.625. The molecule has 0 aliphatic carbocycles. The van der Waals surface area contributed by atoms with Crippen molar-refractivity contribution in [1.82, 2.24) is 9.80 Å². The first-order valence-corrected chi connectivity index (χ1v) is 7.25. The Bertz CT molecular complexity index is 335. The molecule has 0 aliphatic rings. The van der Waals surface area contributed by atoms with Gasteiger partial charge in [0.05, 0.1) is 0 Å². The maximum absolute atomic E-state index is 6.22. The van der Waals surface area contributed by atoms with Gasteiger partial charge in [-0.15, -0.1) is 0 Å². The van der Waals surface area contributed by atoms with Gasteiger partial charge in [-0.2, -0.15) is 0 Å². The van der Waals surface area contributed by atoms with Crippen molar-refractivity contribution in [1.29, 1.82) is 0 Å². The SMILES string of the molecule is CCN(CCCN(C)C)C(c1ccccc1)C(C)N. The lowest BCUT2D eigenvalue weighted by Crippen LogP contribution is -2.40. The number of hydrogen-bond acceptors (Lipinski definition) is 3. The lowest BCUT2D eigenvalue weighted by atomic mass is 9.99. The van der Waals surface area contributed by atoms with Crippen LogP contribution in [0.3, 0.4) is 0 Å². The van der Waals surface area contributed by atoms with E-state index in [9.17, 15) is 0 Å². The van der Waals surface area contributed by atoms with Crippen LogP contribution in [0.25, 0.3) is 0 Å². The molecule has 0 amide bonds. The van der Waals surface area contributed by atoms with Crippen molar-refractivity contribution in [2.24, 2.45) is 5.73 Å². The predicted molar refractivity (Wildman–Crippen MR) is 83.3 cm³/mol. The molecule has 0 saturated carbocycles. The van der Waals surface area contributed by atoms with E-state index >= 15 is 0 Å². The molecule has 3 nitrogen and oxygen atoms in total. The van der Waals surface area contributed by atoms with E-state index in [0.29, 0.717) is 6.04 Å². The van der Waals surface area contributed by atoms with Crippen LogP contribution in [0, 0.1) is 0 Å². The van der Waals surface area contributed by atoms with Gasteiger partial charge in [0.25, 0.3) is 0 Å². The summed E-state index contributed by atoms with van der Waals surface area (Å²) in [6.07, 6.45) is 1.18. The molecule has 1 aromatic carbocycles. The number of nitrogens with zero attached hydrogens (tertiary/aromatic N) is 2. The van der Waals surface area contributed by atoms with Gasteiger partial charge in [-0.1, -0.05) is 37.3 Å². The lowest BCUT2D eigenvalue weighted by molar-refractivity contribution is 0.177. The molecule has 1 rings (SSSR count). The minimum atomic E-state index is 0.140. The van der Waals surface area contributed by atoms with E-state index in [1.807, 2.05) is 0 Å².